The average molecular weight is 280 g/mol. The van der Waals surface area contributed by atoms with Crippen LogP contribution >= 0.6 is 0 Å². The topological polar surface area (TPSA) is 72.1 Å². The summed E-state index contributed by atoms with van der Waals surface area (Å²) in [6, 6.07) is 10.6. The molecule has 0 spiro atoms. The van der Waals surface area contributed by atoms with Gasteiger partial charge in [0.1, 0.15) is 5.69 Å². The number of ether oxygens (including phenoxy) is 1. The Balaban J connectivity index is 1.97. The molecule has 0 aliphatic rings. The van der Waals surface area contributed by atoms with Crippen LogP contribution in [0.5, 0.6) is 0 Å². The summed E-state index contributed by atoms with van der Waals surface area (Å²) in [5.41, 5.74) is 2.08. The van der Waals surface area contributed by atoms with Crippen molar-refractivity contribution in [3.63, 3.8) is 0 Å². The number of nitrogens with one attached hydrogen (secondary N) is 1. The molecule has 1 aromatic carbocycles. The number of benzene rings is 1. The lowest BCUT2D eigenvalue weighted by Gasteiger charge is -2.01. The number of H-pyrrole nitrogens is 1. The molecule has 0 fully saturated rings. The molecule has 21 heavy (non-hydrogen) atoms. The van der Waals surface area contributed by atoms with Crippen molar-refractivity contribution in [1.82, 2.24) is 9.97 Å². The van der Waals surface area contributed by atoms with E-state index in [4.69, 9.17) is 0 Å². The predicted octanol–water partition coefficient (Wildman–Crippen LogP) is 2.58. The van der Waals surface area contributed by atoms with Gasteiger partial charge in [0.25, 0.3) is 0 Å². The highest BCUT2D eigenvalue weighted by Gasteiger charge is 2.15. The molecule has 0 unspecified atom stereocenters. The Hall–Kier alpha value is -2.95. The summed E-state index contributed by atoms with van der Waals surface area (Å²) in [6.07, 6.45) is 3.07. The molecular weight excluding hydrogens is 268 g/mol. The Kier molecular flexibility index (Phi) is 3.23. The highest BCUT2D eigenvalue weighted by atomic mass is 16.5. The van der Waals surface area contributed by atoms with Gasteiger partial charge in [-0.1, -0.05) is 18.2 Å². The fourth-order valence-corrected chi connectivity index (χ4v) is 2.17. The second-order valence-electron chi connectivity index (χ2n) is 4.50. The van der Waals surface area contributed by atoms with Gasteiger partial charge in [0.05, 0.1) is 7.11 Å². The van der Waals surface area contributed by atoms with Crippen molar-refractivity contribution < 1.29 is 14.3 Å². The third kappa shape index (κ3) is 2.29. The Morgan fingerprint density at radius 3 is 2.67 bits per heavy atom. The minimum absolute atomic E-state index is 0.142. The summed E-state index contributed by atoms with van der Waals surface area (Å²) in [5, 5.41) is 0.861. The third-order valence-electron chi connectivity index (χ3n) is 3.25. The van der Waals surface area contributed by atoms with Crippen LogP contribution in [0, 0.1) is 0 Å². The molecule has 5 nitrogen and oxygen atoms in total. The summed E-state index contributed by atoms with van der Waals surface area (Å²) in [5.74, 6) is -0.669. The number of hydrogen-bond acceptors (Lipinski definition) is 4. The molecule has 0 atom stereocenters. The maximum Gasteiger partial charge on any atom is 0.356 e. The Bertz CT molecular complexity index is 819. The quantitative estimate of drug-likeness (QED) is 0.591. The normalized spacial score (nSPS) is 10.5. The van der Waals surface area contributed by atoms with Crippen molar-refractivity contribution in [3.8, 4) is 0 Å². The SMILES string of the molecule is COC(=O)c1ccc(C(=O)c2c[nH]c3ccccc23)cn1. The van der Waals surface area contributed by atoms with Crippen LogP contribution in [0.25, 0.3) is 10.9 Å². The minimum Gasteiger partial charge on any atom is -0.464 e. The summed E-state index contributed by atoms with van der Waals surface area (Å²) in [7, 11) is 1.29. The molecule has 0 aliphatic heterocycles. The van der Waals surface area contributed by atoms with E-state index in [1.54, 1.807) is 12.3 Å². The first-order valence-electron chi connectivity index (χ1n) is 6.36. The number of nitrogens with zero attached hydrogens (tertiary/aromatic N) is 1. The first-order valence-corrected chi connectivity index (χ1v) is 6.36. The van der Waals surface area contributed by atoms with E-state index in [1.807, 2.05) is 24.3 Å². The van der Waals surface area contributed by atoms with Crippen molar-refractivity contribution >= 4 is 22.7 Å². The lowest BCUT2D eigenvalue weighted by Crippen LogP contribution is -2.06. The van der Waals surface area contributed by atoms with E-state index < -0.39 is 5.97 Å². The second-order valence-corrected chi connectivity index (χ2v) is 4.50. The van der Waals surface area contributed by atoms with E-state index in [2.05, 4.69) is 14.7 Å². The van der Waals surface area contributed by atoms with Gasteiger partial charge in [-0.15, -0.1) is 0 Å². The molecule has 0 saturated carbocycles. The van der Waals surface area contributed by atoms with E-state index in [0.717, 1.165) is 10.9 Å². The molecule has 0 amide bonds. The molecule has 3 aromatic rings. The number of fused-ring (bicyclic) bond motifs is 1. The summed E-state index contributed by atoms with van der Waals surface area (Å²) < 4.78 is 4.58. The molecule has 0 saturated heterocycles. The third-order valence-corrected chi connectivity index (χ3v) is 3.25. The molecule has 0 aliphatic carbocycles. The molecule has 2 aromatic heterocycles. The largest absolute Gasteiger partial charge is 0.464 e. The average Bonchev–Trinajstić information content (AvgIpc) is 2.97. The fraction of sp³-hybridized carbons (Fsp3) is 0.0625. The van der Waals surface area contributed by atoms with Crippen LogP contribution in [0.2, 0.25) is 0 Å². The van der Waals surface area contributed by atoms with E-state index >= 15 is 0 Å². The molecule has 0 bridgehead atoms. The monoisotopic (exact) mass is 280 g/mol. The van der Waals surface area contributed by atoms with Crippen molar-refractivity contribution in [3.05, 3.63) is 65.6 Å². The fourth-order valence-electron chi connectivity index (χ4n) is 2.17. The number of ketones is 1. The van der Waals surface area contributed by atoms with Gasteiger partial charge in [-0.25, -0.2) is 9.78 Å². The number of rotatable bonds is 3. The maximum absolute atomic E-state index is 12.5. The van der Waals surface area contributed by atoms with Crippen LogP contribution < -0.4 is 0 Å². The van der Waals surface area contributed by atoms with E-state index in [0.29, 0.717) is 11.1 Å². The van der Waals surface area contributed by atoms with Gasteiger partial charge >= 0.3 is 5.97 Å². The molecule has 1 N–H and O–H groups in total. The van der Waals surface area contributed by atoms with Crippen LogP contribution in [0.3, 0.4) is 0 Å². The molecule has 3 rings (SSSR count). The highest BCUT2D eigenvalue weighted by Crippen LogP contribution is 2.20. The van der Waals surface area contributed by atoms with Gasteiger partial charge in [0.15, 0.2) is 5.78 Å². The highest BCUT2D eigenvalue weighted by molar-refractivity contribution is 6.16. The zero-order valence-electron chi connectivity index (χ0n) is 11.3. The van der Waals surface area contributed by atoms with Crippen LogP contribution in [0.1, 0.15) is 26.4 Å². The Morgan fingerprint density at radius 1 is 1.14 bits per heavy atom. The number of pyridine rings is 1. The molecular formula is C16H12N2O3. The summed E-state index contributed by atoms with van der Waals surface area (Å²) in [4.78, 5) is 30.8. The van der Waals surface area contributed by atoms with Gasteiger partial charge in [0.2, 0.25) is 0 Å². The number of aromatic nitrogens is 2. The molecule has 5 heteroatoms. The van der Waals surface area contributed by atoms with Gasteiger partial charge in [-0.3, -0.25) is 4.79 Å². The first kappa shape index (κ1) is 13.1. The standard InChI is InChI=1S/C16H12N2O3/c1-21-16(20)14-7-6-10(8-17-14)15(19)12-9-18-13-5-3-2-4-11(12)13/h2-9,18H,1H3. The van der Waals surface area contributed by atoms with E-state index in [-0.39, 0.29) is 11.5 Å². The van der Waals surface area contributed by atoms with Crippen LogP contribution in [0.4, 0.5) is 0 Å². The number of methoxy groups -OCH3 is 1. The minimum atomic E-state index is -0.527. The van der Waals surface area contributed by atoms with Crippen molar-refractivity contribution in [1.29, 1.82) is 0 Å². The van der Waals surface area contributed by atoms with Gasteiger partial charge in [-0.05, 0) is 18.2 Å². The van der Waals surface area contributed by atoms with Gasteiger partial charge in [0, 0.05) is 34.4 Å². The number of para-hydroxylation sites is 1. The predicted molar refractivity (Wildman–Crippen MR) is 77.3 cm³/mol. The lowest BCUT2D eigenvalue weighted by molar-refractivity contribution is 0.0593. The van der Waals surface area contributed by atoms with Gasteiger partial charge < -0.3 is 9.72 Å². The zero-order chi connectivity index (χ0) is 14.8. The Labute approximate surface area is 120 Å². The molecule has 0 radical (unpaired) electrons. The summed E-state index contributed by atoms with van der Waals surface area (Å²) >= 11 is 0. The first-order chi connectivity index (χ1) is 10.2. The van der Waals surface area contributed by atoms with Gasteiger partial charge in [-0.2, -0.15) is 0 Å². The van der Waals surface area contributed by atoms with Crippen LogP contribution in [-0.2, 0) is 4.74 Å². The lowest BCUT2D eigenvalue weighted by atomic mass is 10.0. The van der Waals surface area contributed by atoms with E-state index in [9.17, 15) is 9.59 Å². The zero-order valence-corrected chi connectivity index (χ0v) is 11.3. The second kappa shape index (κ2) is 5.20. The van der Waals surface area contributed by atoms with Crippen LogP contribution in [-0.4, -0.2) is 28.8 Å². The van der Waals surface area contributed by atoms with Crippen molar-refractivity contribution in [2.75, 3.05) is 7.11 Å². The number of aromatic amines is 1. The number of esters is 1. The van der Waals surface area contributed by atoms with E-state index in [1.165, 1.54) is 19.4 Å². The number of carbonyl (C=O) groups excluding carboxylic acids is 2. The van der Waals surface area contributed by atoms with Crippen molar-refractivity contribution in [2.45, 2.75) is 0 Å². The molecule has 104 valence electrons. The molecule has 2 heterocycles. The smallest absolute Gasteiger partial charge is 0.356 e. The summed E-state index contributed by atoms with van der Waals surface area (Å²) in [6.45, 7) is 0. The van der Waals surface area contributed by atoms with Crippen molar-refractivity contribution in [2.24, 2.45) is 0 Å². The maximum atomic E-state index is 12.5. The number of hydrogen-bond donors (Lipinski definition) is 1. The Morgan fingerprint density at radius 2 is 1.95 bits per heavy atom. The number of carbonyl (C=O) groups is 2. The van der Waals surface area contributed by atoms with Crippen LogP contribution in [0.15, 0.2) is 48.8 Å².